The maximum absolute atomic E-state index is 9.54. The third-order valence-electron chi connectivity index (χ3n) is 7.16. The second kappa shape index (κ2) is 9.33. The minimum absolute atomic E-state index is 0.108. The summed E-state index contributed by atoms with van der Waals surface area (Å²) in [6.45, 7) is 0. The predicted molar refractivity (Wildman–Crippen MR) is 176 cm³/mol. The van der Waals surface area contributed by atoms with Crippen molar-refractivity contribution in [2.75, 3.05) is 0 Å². The van der Waals surface area contributed by atoms with Gasteiger partial charge in [0.15, 0.2) is 17.5 Å². The van der Waals surface area contributed by atoms with Crippen molar-refractivity contribution in [1.82, 2.24) is 15.0 Å². The van der Waals surface area contributed by atoms with Crippen molar-refractivity contribution in [3.63, 3.8) is 0 Å². The van der Waals surface area contributed by atoms with E-state index in [0.29, 0.717) is 5.56 Å². The lowest BCUT2D eigenvalue weighted by Gasteiger charge is -2.13. The van der Waals surface area contributed by atoms with Crippen LogP contribution in [-0.2, 0) is 0 Å². The van der Waals surface area contributed by atoms with Crippen molar-refractivity contribution in [2.24, 2.45) is 0 Å². The molecule has 0 amide bonds. The summed E-state index contributed by atoms with van der Waals surface area (Å²) in [6.07, 6.45) is 0. The molecule has 0 fully saturated rings. The number of hydrogen-bond acceptors (Lipinski definition) is 4. The van der Waals surface area contributed by atoms with Crippen LogP contribution in [0.2, 0.25) is 0 Å². The molecule has 2 heterocycles. The number of para-hydroxylation sites is 1. The van der Waals surface area contributed by atoms with Crippen LogP contribution < -0.4 is 0 Å². The summed E-state index contributed by atoms with van der Waals surface area (Å²) in [4.78, 5) is 14.1. The summed E-state index contributed by atoms with van der Waals surface area (Å²) in [5.41, 5.74) is -1.04. The first-order valence-electron chi connectivity index (χ1n) is 21.1. The van der Waals surface area contributed by atoms with E-state index >= 15 is 0 Å². The van der Waals surface area contributed by atoms with Crippen LogP contribution in [0, 0.1) is 0 Å². The molecule has 0 aliphatic rings. The van der Waals surface area contributed by atoms with Crippen molar-refractivity contribution in [2.45, 2.75) is 0 Å². The molecule has 0 unspecified atom stereocenters. The minimum Gasteiger partial charge on any atom is -0.456 e. The Morgan fingerprint density at radius 2 is 1.16 bits per heavy atom. The average Bonchev–Trinajstić information content (AvgIpc) is 3.63. The topological polar surface area (TPSA) is 51.8 Å². The fraction of sp³-hybridized carbons (Fsp3) is 0. The highest BCUT2D eigenvalue weighted by atomic mass is 16.3. The Labute approximate surface area is 269 Å². The molecule has 4 heteroatoms. The summed E-state index contributed by atoms with van der Waals surface area (Å²) in [5.74, 6) is -0.945. The van der Waals surface area contributed by atoms with Gasteiger partial charge >= 0.3 is 0 Å². The van der Waals surface area contributed by atoms with Crippen molar-refractivity contribution >= 4 is 54.3 Å². The predicted octanol–water partition coefficient (Wildman–Crippen LogP) is 10.2. The fourth-order valence-electron chi connectivity index (χ4n) is 5.22. The number of aromatic nitrogens is 3. The number of nitrogens with zero attached hydrogens (tertiary/aromatic N) is 3. The van der Waals surface area contributed by atoms with Crippen LogP contribution in [0.1, 0.15) is 21.9 Å². The summed E-state index contributed by atoms with van der Waals surface area (Å²) in [6, 6.07) is 2.21. The van der Waals surface area contributed by atoms with Gasteiger partial charge in [-0.2, -0.15) is 0 Å². The number of benzene rings is 7. The summed E-state index contributed by atoms with van der Waals surface area (Å²) in [5, 5.41) is -0.190. The van der Waals surface area contributed by atoms with E-state index in [1.54, 1.807) is 18.2 Å². The molecule has 0 saturated heterocycles. The zero-order valence-corrected chi connectivity index (χ0v) is 21.8. The highest BCUT2D eigenvalue weighted by molar-refractivity contribution is 6.14. The van der Waals surface area contributed by atoms with E-state index in [1.807, 2.05) is 24.3 Å². The van der Waals surface area contributed by atoms with Gasteiger partial charge in [0.2, 0.25) is 0 Å². The zero-order valence-electron chi connectivity index (χ0n) is 37.8. The van der Waals surface area contributed by atoms with Crippen LogP contribution in [0.25, 0.3) is 88.4 Å². The smallest absolute Gasteiger partial charge is 0.164 e. The first-order chi connectivity index (χ1) is 28.0. The summed E-state index contributed by atoms with van der Waals surface area (Å²) >= 11 is 0. The molecule has 9 aromatic rings. The van der Waals surface area contributed by atoms with Gasteiger partial charge in [-0.3, -0.25) is 0 Å². The quantitative estimate of drug-likeness (QED) is 0.200. The highest BCUT2D eigenvalue weighted by Gasteiger charge is 2.19. The lowest BCUT2D eigenvalue weighted by atomic mass is 9.96. The Kier molecular flexibility index (Phi) is 2.81. The van der Waals surface area contributed by atoms with Gasteiger partial charge in [-0.1, -0.05) is 115 Å². The maximum atomic E-state index is 9.54. The molecule has 0 aliphatic carbocycles. The SMILES string of the molecule is [2H]c1c([2H])c([2H])c2c(oc3c([2H])c([2H])c([2H])c(-c4nc(-c5ccc6ccccc6c5)nc(-c5c([2H])c6c([2H])c([2H])c([2H])c([2H])c6c6c([2H])c([2H])c([2H])c([2H])c56)n4)c32)c1[2H]. The van der Waals surface area contributed by atoms with Gasteiger partial charge < -0.3 is 4.42 Å². The van der Waals surface area contributed by atoms with E-state index in [0.717, 1.165) is 10.8 Å². The molecule has 0 aliphatic heterocycles. The molecule has 200 valence electrons. The summed E-state index contributed by atoms with van der Waals surface area (Å²) in [7, 11) is 0. The second-order valence-electron chi connectivity index (χ2n) is 9.63. The van der Waals surface area contributed by atoms with Crippen LogP contribution in [0.4, 0.5) is 0 Å². The summed E-state index contributed by atoms with van der Waals surface area (Å²) < 4.78 is 146. The molecule has 4 nitrogen and oxygen atoms in total. The van der Waals surface area contributed by atoms with E-state index in [-0.39, 0.29) is 60.4 Å². The number of fused-ring (bicyclic) bond motifs is 7. The van der Waals surface area contributed by atoms with Crippen molar-refractivity contribution in [3.05, 3.63) is 139 Å². The van der Waals surface area contributed by atoms with E-state index in [4.69, 9.17) is 33.6 Å². The van der Waals surface area contributed by atoms with Gasteiger partial charge in [0.25, 0.3) is 0 Å². The molecule has 2 aromatic heterocycles. The van der Waals surface area contributed by atoms with Crippen LogP contribution in [0.15, 0.2) is 144 Å². The molecular weight excluding hydrogens is 526 g/mol. The van der Waals surface area contributed by atoms with Gasteiger partial charge in [-0.25, -0.2) is 15.0 Å². The normalized spacial score (nSPS) is 16.9. The van der Waals surface area contributed by atoms with Crippen LogP contribution in [0.3, 0.4) is 0 Å². The molecule has 0 saturated carbocycles. The van der Waals surface area contributed by atoms with Gasteiger partial charge in [-0.15, -0.1) is 0 Å². The fourth-order valence-corrected chi connectivity index (χ4v) is 5.22. The molecule has 9 rings (SSSR count). The second-order valence-corrected chi connectivity index (χ2v) is 9.63. The highest BCUT2D eigenvalue weighted by Crippen LogP contribution is 2.38. The van der Waals surface area contributed by atoms with Crippen LogP contribution in [-0.4, -0.2) is 15.0 Å². The monoisotopic (exact) mass is 565 g/mol. The van der Waals surface area contributed by atoms with Gasteiger partial charge in [0.05, 0.1) is 21.9 Å². The number of rotatable bonds is 3. The van der Waals surface area contributed by atoms with Crippen molar-refractivity contribution < 1.29 is 26.3 Å². The number of hydrogen-bond donors (Lipinski definition) is 0. The Morgan fingerprint density at radius 1 is 0.488 bits per heavy atom. The number of furan rings is 1. The average molecular weight is 566 g/mol. The van der Waals surface area contributed by atoms with Gasteiger partial charge in [0, 0.05) is 27.5 Å². The first kappa shape index (κ1) is 13.0. The minimum atomic E-state index is -0.716. The Hall–Kier alpha value is -5.87. The molecule has 0 spiro atoms. The molecule has 0 atom stereocenters. The van der Waals surface area contributed by atoms with Gasteiger partial charge in [-0.05, 0) is 56.5 Å². The van der Waals surface area contributed by atoms with E-state index < -0.39 is 108 Å². The lowest BCUT2D eigenvalue weighted by molar-refractivity contribution is 0.669. The zero-order chi connectivity index (χ0) is 42.3. The molecular formula is C39H23N3O. The Bertz CT molecular complexity index is 3420. The Morgan fingerprint density at radius 3 is 2.05 bits per heavy atom. The molecule has 0 bridgehead atoms. The van der Waals surface area contributed by atoms with E-state index in [2.05, 4.69) is 4.98 Å². The lowest BCUT2D eigenvalue weighted by Crippen LogP contribution is -2.01. The first-order valence-corrected chi connectivity index (χ1v) is 13.1. The third-order valence-corrected chi connectivity index (χ3v) is 7.16. The van der Waals surface area contributed by atoms with Gasteiger partial charge in [0.1, 0.15) is 11.2 Å². The maximum Gasteiger partial charge on any atom is 0.164 e. The van der Waals surface area contributed by atoms with Crippen LogP contribution >= 0.6 is 0 Å². The van der Waals surface area contributed by atoms with Crippen LogP contribution in [0.5, 0.6) is 0 Å². The van der Waals surface area contributed by atoms with Crippen molar-refractivity contribution in [3.8, 4) is 34.2 Å². The largest absolute Gasteiger partial charge is 0.456 e. The van der Waals surface area contributed by atoms with E-state index in [1.165, 1.54) is 0 Å². The standard InChI is InChI=1S/C39H23N3O/c1-2-11-25-22-27(21-20-24(25)10-1)37-40-38(32-17-9-19-35-36(32)31-16-7-8-18-34(31)43-35)42-39(41-37)33-23-26-12-3-4-13-28(26)29-14-5-6-15-30(29)33/h1-23H/i3D,4D,5D,6D,7D,8D,9D,12D,13D,14D,15D,16D,17D,18D,19D,23D. The Balaban J connectivity index is 1.52. The molecule has 43 heavy (non-hydrogen) atoms. The molecule has 0 N–H and O–H groups in total. The molecule has 7 aromatic carbocycles. The molecule has 0 radical (unpaired) electrons. The van der Waals surface area contributed by atoms with Crippen molar-refractivity contribution in [1.29, 1.82) is 0 Å². The third kappa shape index (κ3) is 3.81. The van der Waals surface area contributed by atoms with E-state index in [9.17, 15) is 2.74 Å².